The predicted molar refractivity (Wildman–Crippen MR) is 99.7 cm³/mol. The Balaban J connectivity index is 1.59. The van der Waals surface area contributed by atoms with Crippen molar-refractivity contribution in [2.75, 3.05) is 11.9 Å². The minimum absolute atomic E-state index is 0.00734. The highest BCUT2D eigenvalue weighted by atomic mass is 32.2. The van der Waals surface area contributed by atoms with Crippen LogP contribution < -0.4 is 14.8 Å². The van der Waals surface area contributed by atoms with Crippen LogP contribution in [0.15, 0.2) is 76.2 Å². The number of sulfonamides is 1. The van der Waals surface area contributed by atoms with Crippen molar-refractivity contribution in [1.82, 2.24) is 4.72 Å². The van der Waals surface area contributed by atoms with Crippen LogP contribution in [0.3, 0.4) is 0 Å². The number of carbonyl (C=O) groups excluding carboxylic acids is 1. The van der Waals surface area contributed by atoms with Gasteiger partial charge >= 0.3 is 0 Å². The molecular weight excluding hydrogens is 387 g/mol. The number of furan rings is 1. The van der Waals surface area contributed by atoms with E-state index in [4.69, 9.17) is 9.15 Å². The SMILES string of the molecule is O=C(COc1cccc(F)c1)Nc1cccc(S(=O)(=O)NCc2ccco2)c1. The fraction of sp³-hybridized carbons (Fsp3) is 0.105. The van der Waals surface area contributed by atoms with Gasteiger partial charge in [-0.15, -0.1) is 0 Å². The zero-order valence-electron chi connectivity index (χ0n) is 14.6. The van der Waals surface area contributed by atoms with Gasteiger partial charge in [-0.2, -0.15) is 0 Å². The minimum atomic E-state index is -3.79. The Morgan fingerprint density at radius 1 is 1.07 bits per heavy atom. The highest BCUT2D eigenvalue weighted by Gasteiger charge is 2.15. The molecule has 0 aliphatic heterocycles. The Morgan fingerprint density at radius 3 is 2.64 bits per heavy atom. The number of benzene rings is 2. The van der Waals surface area contributed by atoms with Crippen LogP contribution in [0.25, 0.3) is 0 Å². The second-order valence-electron chi connectivity index (χ2n) is 5.73. The van der Waals surface area contributed by atoms with Crippen LogP contribution in [-0.2, 0) is 21.4 Å². The molecule has 3 rings (SSSR count). The van der Waals surface area contributed by atoms with Gasteiger partial charge in [0.15, 0.2) is 6.61 Å². The second kappa shape index (κ2) is 8.68. The number of nitrogens with one attached hydrogen (secondary N) is 2. The van der Waals surface area contributed by atoms with Gasteiger partial charge in [-0.3, -0.25) is 4.79 Å². The molecule has 0 radical (unpaired) electrons. The Bertz CT molecular complexity index is 1050. The van der Waals surface area contributed by atoms with E-state index in [2.05, 4.69) is 10.0 Å². The maximum absolute atomic E-state index is 13.1. The van der Waals surface area contributed by atoms with E-state index in [-0.39, 0.29) is 29.5 Å². The molecule has 1 heterocycles. The van der Waals surface area contributed by atoms with Gasteiger partial charge in [0, 0.05) is 11.8 Å². The van der Waals surface area contributed by atoms with E-state index in [0.29, 0.717) is 5.76 Å². The van der Waals surface area contributed by atoms with Crippen molar-refractivity contribution in [2.24, 2.45) is 0 Å². The number of anilines is 1. The maximum atomic E-state index is 13.1. The summed E-state index contributed by atoms with van der Waals surface area (Å²) in [7, 11) is -3.79. The Hall–Kier alpha value is -3.17. The third kappa shape index (κ3) is 5.41. The third-order valence-electron chi connectivity index (χ3n) is 3.61. The summed E-state index contributed by atoms with van der Waals surface area (Å²) >= 11 is 0. The normalized spacial score (nSPS) is 11.2. The van der Waals surface area contributed by atoms with Gasteiger partial charge in [-0.1, -0.05) is 12.1 Å². The molecule has 0 aliphatic rings. The molecule has 0 bridgehead atoms. The average molecular weight is 404 g/mol. The van der Waals surface area contributed by atoms with Crippen molar-refractivity contribution < 1.29 is 26.8 Å². The van der Waals surface area contributed by atoms with Gasteiger partial charge < -0.3 is 14.5 Å². The van der Waals surface area contributed by atoms with Crippen LogP contribution in [0.4, 0.5) is 10.1 Å². The lowest BCUT2D eigenvalue weighted by Gasteiger charge is -2.10. The third-order valence-corrected chi connectivity index (χ3v) is 5.01. The molecule has 0 aliphatic carbocycles. The van der Waals surface area contributed by atoms with E-state index >= 15 is 0 Å². The van der Waals surface area contributed by atoms with E-state index in [1.807, 2.05) is 0 Å². The van der Waals surface area contributed by atoms with Crippen LogP contribution in [0, 0.1) is 5.82 Å². The number of halogens is 1. The summed E-state index contributed by atoms with van der Waals surface area (Å²) in [5, 5.41) is 2.54. The molecule has 0 saturated heterocycles. The van der Waals surface area contributed by atoms with Crippen molar-refractivity contribution >= 4 is 21.6 Å². The molecule has 1 aromatic heterocycles. The highest BCUT2D eigenvalue weighted by molar-refractivity contribution is 7.89. The molecule has 2 aromatic carbocycles. The first kappa shape index (κ1) is 19.6. The zero-order chi connectivity index (χ0) is 20.0. The first-order chi connectivity index (χ1) is 13.4. The Morgan fingerprint density at radius 2 is 1.89 bits per heavy atom. The van der Waals surface area contributed by atoms with Gasteiger partial charge in [0.2, 0.25) is 10.0 Å². The van der Waals surface area contributed by atoms with Gasteiger partial charge in [0.25, 0.3) is 5.91 Å². The molecule has 0 atom stereocenters. The number of ether oxygens (including phenoxy) is 1. The predicted octanol–water partition coefficient (Wildman–Crippen LogP) is 2.91. The van der Waals surface area contributed by atoms with Crippen molar-refractivity contribution in [3.63, 3.8) is 0 Å². The lowest BCUT2D eigenvalue weighted by Crippen LogP contribution is -2.24. The van der Waals surface area contributed by atoms with Crippen LogP contribution >= 0.6 is 0 Å². The number of hydrogen-bond donors (Lipinski definition) is 2. The minimum Gasteiger partial charge on any atom is -0.484 e. The van der Waals surface area contributed by atoms with E-state index in [0.717, 1.165) is 6.07 Å². The van der Waals surface area contributed by atoms with E-state index < -0.39 is 21.7 Å². The molecule has 2 N–H and O–H groups in total. The lowest BCUT2D eigenvalue weighted by molar-refractivity contribution is -0.118. The summed E-state index contributed by atoms with van der Waals surface area (Å²) in [6, 6.07) is 14.5. The van der Waals surface area contributed by atoms with Gasteiger partial charge in [0.05, 0.1) is 17.7 Å². The average Bonchev–Trinajstić information content (AvgIpc) is 3.19. The summed E-state index contributed by atoms with van der Waals surface area (Å²) in [6.45, 7) is -0.343. The quantitative estimate of drug-likeness (QED) is 0.602. The van der Waals surface area contributed by atoms with Gasteiger partial charge in [-0.25, -0.2) is 17.5 Å². The smallest absolute Gasteiger partial charge is 0.262 e. The number of carbonyl (C=O) groups is 1. The van der Waals surface area contributed by atoms with Crippen molar-refractivity contribution in [3.05, 3.63) is 78.5 Å². The van der Waals surface area contributed by atoms with Crippen LogP contribution in [0.2, 0.25) is 0 Å². The van der Waals surface area contributed by atoms with Gasteiger partial charge in [-0.05, 0) is 42.5 Å². The van der Waals surface area contributed by atoms with Crippen molar-refractivity contribution in [3.8, 4) is 5.75 Å². The van der Waals surface area contributed by atoms with E-state index in [1.165, 1.54) is 42.7 Å². The number of rotatable bonds is 8. The highest BCUT2D eigenvalue weighted by Crippen LogP contribution is 2.16. The summed E-state index contributed by atoms with van der Waals surface area (Å²) in [5.41, 5.74) is 0.286. The molecule has 7 nitrogen and oxygen atoms in total. The molecule has 0 fully saturated rings. The lowest BCUT2D eigenvalue weighted by atomic mass is 10.3. The van der Waals surface area contributed by atoms with Crippen LogP contribution in [0.5, 0.6) is 5.75 Å². The molecule has 0 unspecified atom stereocenters. The first-order valence-corrected chi connectivity index (χ1v) is 9.71. The Labute approximate surface area is 161 Å². The fourth-order valence-corrected chi connectivity index (χ4v) is 3.35. The molecular formula is C19H17FN2O5S. The molecule has 0 saturated carbocycles. The molecule has 146 valence electrons. The van der Waals surface area contributed by atoms with E-state index in [9.17, 15) is 17.6 Å². The largest absolute Gasteiger partial charge is 0.484 e. The molecule has 3 aromatic rings. The van der Waals surface area contributed by atoms with E-state index in [1.54, 1.807) is 18.2 Å². The first-order valence-electron chi connectivity index (χ1n) is 8.23. The zero-order valence-corrected chi connectivity index (χ0v) is 15.4. The fourth-order valence-electron chi connectivity index (χ4n) is 2.31. The number of hydrogen-bond acceptors (Lipinski definition) is 5. The molecule has 9 heteroatoms. The van der Waals surface area contributed by atoms with Crippen LogP contribution in [-0.4, -0.2) is 20.9 Å². The van der Waals surface area contributed by atoms with Crippen LogP contribution in [0.1, 0.15) is 5.76 Å². The summed E-state index contributed by atoms with van der Waals surface area (Å²) < 4.78 is 50.6. The van der Waals surface area contributed by atoms with Crippen molar-refractivity contribution in [2.45, 2.75) is 11.4 Å². The van der Waals surface area contributed by atoms with Crippen molar-refractivity contribution in [1.29, 1.82) is 0 Å². The monoisotopic (exact) mass is 404 g/mol. The summed E-state index contributed by atoms with van der Waals surface area (Å²) in [4.78, 5) is 12.0. The number of amides is 1. The molecule has 28 heavy (non-hydrogen) atoms. The summed E-state index contributed by atoms with van der Waals surface area (Å²) in [6.07, 6.45) is 1.45. The van der Waals surface area contributed by atoms with Gasteiger partial charge in [0.1, 0.15) is 17.3 Å². The second-order valence-corrected chi connectivity index (χ2v) is 7.49. The maximum Gasteiger partial charge on any atom is 0.262 e. The standard InChI is InChI=1S/C19H17FN2O5S/c20-14-4-1-6-16(10-14)27-13-19(23)22-15-5-2-8-18(11-15)28(24,25)21-12-17-7-3-9-26-17/h1-11,21H,12-13H2,(H,22,23). The Kier molecular flexibility index (Phi) is 6.07. The molecule has 0 spiro atoms. The summed E-state index contributed by atoms with van der Waals surface area (Å²) in [5.74, 6) is -0.295. The topological polar surface area (TPSA) is 97.6 Å². The molecule has 1 amide bonds.